The summed E-state index contributed by atoms with van der Waals surface area (Å²) >= 11 is 0. The maximum atomic E-state index is 11.2. The van der Waals surface area contributed by atoms with E-state index in [2.05, 4.69) is 17.6 Å². The zero-order valence-electron chi connectivity index (χ0n) is 11.1. The van der Waals surface area contributed by atoms with E-state index in [0.29, 0.717) is 0 Å². The summed E-state index contributed by atoms with van der Waals surface area (Å²) in [7, 11) is 0. The summed E-state index contributed by atoms with van der Waals surface area (Å²) < 4.78 is 0. The number of hydrogen-bond acceptors (Lipinski definition) is 2. The minimum absolute atomic E-state index is 0.117. The van der Waals surface area contributed by atoms with Gasteiger partial charge in [-0.05, 0) is 32.4 Å². The molecule has 0 aliphatic carbocycles. The Kier molecular flexibility index (Phi) is 7.80. The molecule has 4 heteroatoms. The summed E-state index contributed by atoms with van der Waals surface area (Å²) in [6, 6.07) is 0.117. The van der Waals surface area contributed by atoms with E-state index in [4.69, 9.17) is 0 Å². The molecule has 1 aliphatic heterocycles. The van der Waals surface area contributed by atoms with Gasteiger partial charge in [0.15, 0.2) is 0 Å². The van der Waals surface area contributed by atoms with Crippen molar-refractivity contribution in [1.29, 1.82) is 0 Å². The maximum Gasteiger partial charge on any atom is 0.317 e. The highest BCUT2D eigenvalue weighted by atomic mass is 16.2. The summed E-state index contributed by atoms with van der Waals surface area (Å²) in [5.74, 6) is 0. The van der Waals surface area contributed by atoms with Gasteiger partial charge in [0.1, 0.15) is 0 Å². The SMILES string of the molecule is CCCCNCCCCCCN1CCNC1=O. The number of rotatable bonds is 10. The van der Waals surface area contributed by atoms with E-state index in [9.17, 15) is 4.79 Å². The number of nitrogens with zero attached hydrogens (tertiary/aromatic N) is 1. The molecule has 0 aromatic carbocycles. The lowest BCUT2D eigenvalue weighted by molar-refractivity contribution is 0.216. The van der Waals surface area contributed by atoms with Gasteiger partial charge in [-0.1, -0.05) is 26.2 Å². The molecule has 100 valence electrons. The van der Waals surface area contributed by atoms with Crippen LogP contribution in [0.1, 0.15) is 45.4 Å². The molecular formula is C13H27N3O. The summed E-state index contributed by atoms with van der Waals surface area (Å²) in [5.41, 5.74) is 0. The molecule has 0 atom stereocenters. The fraction of sp³-hybridized carbons (Fsp3) is 0.923. The zero-order chi connectivity index (χ0) is 12.3. The van der Waals surface area contributed by atoms with Gasteiger partial charge in [0.05, 0.1) is 0 Å². The van der Waals surface area contributed by atoms with Gasteiger partial charge >= 0.3 is 6.03 Å². The molecule has 0 radical (unpaired) electrons. The number of unbranched alkanes of at least 4 members (excludes halogenated alkanes) is 4. The third-order valence-electron chi connectivity index (χ3n) is 3.18. The van der Waals surface area contributed by atoms with Crippen molar-refractivity contribution in [3.8, 4) is 0 Å². The van der Waals surface area contributed by atoms with Crippen molar-refractivity contribution < 1.29 is 4.79 Å². The van der Waals surface area contributed by atoms with Gasteiger partial charge < -0.3 is 15.5 Å². The molecular weight excluding hydrogens is 214 g/mol. The standard InChI is InChI=1S/C13H27N3O/c1-2-3-8-14-9-6-4-5-7-11-16-12-10-15-13(16)17/h14H,2-12H2,1H3,(H,15,17). The molecule has 4 nitrogen and oxygen atoms in total. The molecule has 2 N–H and O–H groups in total. The largest absolute Gasteiger partial charge is 0.336 e. The van der Waals surface area contributed by atoms with E-state index in [1.165, 1.54) is 32.1 Å². The van der Waals surface area contributed by atoms with Gasteiger partial charge in [0.2, 0.25) is 0 Å². The van der Waals surface area contributed by atoms with Gasteiger partial charge in [-0.3, -0.25) is 0 Å². The number of carbonyl (C=O) groups is 1. The summed E-state index contributed by atoms with van der Waals surface area (Å²) in [6.07, 6.45) is 7.46. The van der Waals surface area contributed by atoms with Crippen LogP contribution in [0.2, 0.25) is 0 Å². The normalized spacial score (nSPS) is 15.4. The van der Waals surface area contributed by atoms with Gasteiger partial charge in [0, 0.05) is 19.6 Å². The molecule has 2 amide bonds. The number of hydrogen-bond donors (Lipinski definition) is 2. The molecule has 0 unspecified atom stereocenters. The third kappa shape index (κ3) is 6.51. The lowest BCUT2D eigenvalue weighted by Crippen LogP contribution is -2.28. The summed E-state index contributed by atoms with van der Waals surface area (Å²) in [4.78, 5) is 13.2. The van der Waals surface area contributed by atoms with Crippen molar-refractivity contribution in [2.45, 2.75) is 45.4 Å². The summed E-state index contributed by atoms with van der Waals surface area (Å²) in [5, 5.41) is 6.28. The number of carbonyl (C=O) groups excluding carboxylic acids is 1. The van der Waals surface area contributed by atoms with Crippen molar-refractivity contribution in [3.05, 3.63) is 0 Å². The second-order valence-electron chi connectivity index (χ2n) is 4.74. The topological polar surface area (TPSA) is 44.4 Å². The second kappa shape index (κ2) is 9.28. The first-order chi connectivity index (χ1) is 8.34. The first-order valence-corrected chi connectivity index (χ1v) is 7.08. The molecule has 0 spiro atoms. The molecule has 1 aliphatic rings. The van der Waals surface area contributed by atoms with Crippen molar-refractivity contribution in [1.82, 2.24) is 15.5 Å². The molecule has 1 rings (SSSR count). The Morgan fingerprint density at radius 2 is 1.94 bits per heavy atom. The zero-order valence-corrected chi connectivity index (χ0v) is 11.1. The molecule has 0 bridgehead atoms. The minimum atomic E-state index is 0.117. The number of urea groups is 1. The quantitative estimate of drug-likeness (QED) is 0.574. The van der Waals surface area contributed by atoms with Crippen molar-refractivity contribution in [3.63, 3.8) is 0 Å². The Bertz CT molecular complexity index is 209. The van der Waals surface area contributed by atoms with E-state index >= 15 is 0 Å². The van der Waals surface area contributed by atoms with E-state index in [1.807, 2.05) is 4.90 Å². The Morgan fingerprint density at radius 3 is 2.65 bits per heavy atom. The number of amides is 2. The van der Waals surface area contributed by atoms with Crippen LogP contribution in [0.4, 0.5) is 4.79 Å². The molecule has 0 aromatic rings. The Balaban J connectivity index is 1.80. The Labute approximate surface area is 105 Å². The van der Waals surface area contributed by atoms with E-state index in [0.717, 1.165) is 39.1 Å². The van der Waals surface area contributed by atoms with Crippen LogP contribution in [0.3, 0.4) is 0 Å². The van der Waals surface area contributed by atoms with Gasteiger partial charge in [-0.2, -0.15) is 0 Å². The molecule has 1 fully saturated rings. The van der Waals surface area contributed by atoms with Crippen LogP contribution in [0.5, 0.6) is 0 Å². The maximum absolute atomic E-state index is 11.2. The van der Waals surface area contributed by atoms with Gasteiger partial charge in [-0.25, -0.2) is 4.79 Å². The van der Waals surface area contributed by atoms with Crippen LogP contribution >= 0.6 is 0 Å². The lowest BCUT2D eigenvalue weighted by atomic mass is 10.2. The van der Waals surface area contributed by atoms with Crippen LogP contribution in [-0.4, -0.2) is 43.7 Å². The van der Waals surface area contributed by atoms with Crippen LogP contribution < -0.4 is 10.6 Å². The average molecular weight is 241 g/mol. The highest BCUT2D eigenvalue weighted by molar-refractivity contribution is 5.76. The van der Waals surface area contributed by atoms with Crippen LogP contribution in [0.25, 0.3) is 0 Å². The minimum Gasteiger partial charge on any atom is -0.336 e. The predicted molar refractivity (Wildman–Crippen MR) is 71.2 cm³/mol. The second-order valence-corrected chi connectivity index (χ2v) is 4.74. The monoisotopic (exact) mass is 241 g/mol. The highest BCUT2D eigenvalue weighted by Crippen LogP contribution is 2.03. The predicted octanol–water partition coefficient (Wildman–Crippen LogP) is 1.96. The first kappa shape index (κ1) is 14.3. The first-order valence-electron chi connectivity index (χ1n) is 7.08. The van der Waals surface area contributed by atoms with Crippen molar-refractivity contribution >= 4 is 6.03 Å². The third-order valence-corrected chi connectivity index (χ3v) is 3.18. The van der Waals surface area contributed by atoms with Crippen molar-refractivity contribution in [2.24, 2.45) is 0 Å². The molecule has 17 heavy (non-hydrogen) atoms. The Hall–Kier alpha value is -0.770. The van der Waals surface area contributed by atoms with Crippen LogP contribution in [0.15, 0.2) is 0 Å². The van der Waals surface area contributed by atoms with Gasteiger partial charge in [0.25, 0.3) is 0 Å². The molecule has 0 saturated carbocycles. The van der Waals surface area contributed by atoms with E-state index < -0.39 is 0 Å². The fourth-order valence-electron chi connectivity index (χ4n) is 2.06. The highest BCUT2D eigenvalue weighted by Gasteiger charge is 2.17. The number of nitrogens with one attached hydrogen (secondary N) is 2. The fourth-order valence-corrected chi connectivity index (χ4v) is 2.06. The summed E-state index contributed by atoms with van der Waals surface area (Å²) in [6.45, 7) is 7.15. The molecule has 0 aromatic heterocycles. The Morgan fingerprint density at radius 1 is 1.18 bits per heavy atom. The molecule has 1 heterocycles. The lowest BCUT2D eigenvalue weighted by Gasteiger charge is -2.13. The van der Waals surface area contributed by atoms with E-state index in [-0.39, 0.29) is 6.03 Å². The van der Waals surface area contributed by atoms with Crippen molar-refractivity contribution in [2.75, 3.05) is 32.7 Å². The van der Waals surface area contributed by atoms with Gasteiger partial charge in [-0.15, -0.1) is 0 Å². The smallest absolute Gasteiger partial charge is 0.317 e. The molecule has 1 saturated heterocycles. The average Bonchev–Trinajstić information content (AvgIpc) is 2.73. The van der Waals surface area contributed by atoms with Crippen LogP contribution in [-0.2, 0) is 0 Å². The van der Waals surface area contributed by atoms with E-state index in [1.54, 1.807) is 0 Å². The van der Waals surface area contributed by atoms with Crippen LogP contribution in [0, 0.1) is 0 Å².